The molecule has 0 atom stereocenters. The summed E-state index contributed by atoms with van der Waals surface area (Å²) in [6.45, 7) is 11.1. The van der Waals surface area contributed by atoms with Gasteiger partial charge in [-0.1, -0.05) is 17.7 Å². The second-order valence-corrected chi connectivity index (χ2v) is 9.03. The van der Waals surface area contributed by atoms with Crippen molar-refractivity contribution >= 4 is 34.6 Å². The number of anilines is 2. The van der Waals surface area contributed by atoms with Crippen molar-refractivity contribution in [1.82, 2.24) is 10.6 Å². The van der Waals surface area contributed by atoms with Crippen LogP contribution in [0.1, 0.15) is 36.0 Å². The summed E-state index contributed by atoms with van der Waals surface area (Å²) >= 11 is 6.21. The zero-order valence-corrected chi connectivity index (χ0v) is 19.2. The molecule has 1 saturated heterocycles. The highest BCUT2D eigenvalue weighted by molar-refractivity contribution is 6.33. The van der Waals surface area contributed by atoms with E-state index in [1.807, 2.05) is 24.3 Å². The summed E-state index contributed by atoms with van der Waals surface area (Å²) in [4.78, 5) is 20.8. The van der Waals surface area contributed by atoms with Crippen LogP contribution in [0.3, 0.4) is 0 Å². The number of piperazine rings is 1. The number of amides is 1. The van der Waals surface area contributed by atoms with Gasteiger partial charge in [-0.2, -0.15) is 0 Å². The number of halogens is 1. The molecule has 2 aromatic carbocycles. The minimum atomic E-state index is 0.00943. The molecule has 2 fully saturated rings. The van der Waals surface area contributed by atoms with E-state index in [-0.39, 0.29) is 11.9 Å². The predicted octanol–water partition coefficient (Wildman–Crippen LogP) is 4.48. The van der Waals surface area contributed by atoms with E-state index >= 15 is 0 Å². The molecular weight excluding hydrogens is 422 g/mol. The van der Waals surface area contributed by atoms with Crippen LogP contribution >= 0.6 is 11.6 Å². The maximum absolute atomic E-state index is 12.8. The van der Waals surface area contributed by atoms with E-state index in [2.05, 4.69) is 44.5 Å². The molecule has 0 radical (unpaired) electrons. The zero-order chi connectivity index (χ0) is 22.5. The Bertz CT molecular complexity index is 973. The fraction of sp³-hybridized carbons (Fsp3) is 0.440. The molecule has 7 heteroatoms. The Morgan fingerprint density at radius 1 is 1.12 bits per heavy atom. The number of nitrogens with one attached hydrogen (secondary N) is 2. The summed E-state index contributed by atoms with van der Waals surface area (Å²) in [7, 11) is 2.08. The summed E-state index contributed by atoms with van der Waals surface area (Å²) in [6, 6.07) is 14.2. The van der Waals surface area contributed by atoms with E-state index in [0.29, 0.717) is 16.8 Å². The van der Waals surface area contributed by atoms with E-state index in [9.17, 15) is 4.79 Å². The number of hydrogen-bond acceptors (Lipinski definition) is 4. The number of nitrogens with zero attached hydrogens (tertiary/aromatic N) is 3. The van der Waals surface area contributed by atoms with Gasteiger partial charge in [-0.25, -0.2) is 4.85 Å². The first kappa shape index (κ1) is 22.4. The number of benzene rings is 2. The Balaban J connectivity index is 1.28. The third-order valence-electron chi connectivity index (χ3n) is 6.65. The molecule has 0 bridgehead atoms. The van der Waals surface area contributed by atoms with Gasteiger partial charge in [-0.3, -0.25) is 4.79 Å². The number of hydrogen-bond donors (Lipinski definition) is 2. The van der Waals surface area contributed by atoms with Crippen LogP contribution in [0.15, 0.2) is 42.5 Å². The van der Waals surface area contributed by atoms with Gasteiger partial charge in [0.2, 0.25) is 5.69 Å². The van der Waals surface area contributed by atoms with E-state index in [1.54, 1.807) is 6.07 Å². The molecule has 168 valence electrons. The molecule has 0 unspecified atom stereocenters. The number of carbonyl (C=O) groups excluding carboxylic acids is 1. The third kappa shape index (κ3) is 5.17. The quantitative estimate of drug-likeness (QED) is 0.658. The Hall–Kier alpha value is -2.75. The fourth-order valence-electron chi connectivity index (χ4n) is 4.64. The Morgan fingerprint density at radius 2 is 1.81 bits per heavy atom. The SMILES string of the molecule is [C-]#[N+]c1ccc(N(C)C2CCC(NC(=O)c3ccc(N4CCNCC4)cc3)CC2)cc1Cl. The molecule has 1 aliphatic heterocycles. The maximum Gasteiger partial charge on any atom is 0.251 e. The van der Waals surface area contributed by atoms with Crippen molar-refractivity contribution in [1.29, 1.82) is 0 Å². The van der Waals surface area contributed by atoms with Crippen molar-refractivity contribution in [3.63, 3.8) is 0 Å². The molecule has 1 aliphatic carbocycles. The molecule has 0 spiro atoms. The van der Waals surface area contributed by atoms with Crippen LogP contribution in [0.25, 0.3) is 4.85 Å². The molecule has 32 heavy (non-hydrogen) atoms. The Kier molecular flexibility index (Phi) is 7.19. The van der Waals surface area contributed by atoms with Gasteiger partial charge >= 0.3 is 0 Å². The van der Waals surface area contributed by atoms with Gasteiger partial charge in [0.05, 0.1) is 6.57 Å². The normalized spacial score (nSPS) is 21.0. The Morgan fingerprint density at radius 3 is 2.44 bits per heavy atom. The minimum absolute atomic E-state index is 0.00943. The van der Waals surface area contributed by atoms with Crippen LogP contribution < -0.4 is 20.4 Å². The van der Waals surface area contributed by atoms with E-state index in [4.69, 9.17) is 18.2 Å². The maximum atomic E-state index is 12.8. The van der Waals surface area contributed by atoms with Crippen LogP contribution in [0, 0.1) is 6.57 Å². The first-order valence-electron chi connectivity index (χ1n) is 11.3. The van der Waals surface area contributed by atoms with Gasteiger partial charge in [-0.05, 0) is 62.1 Å². The molecule has 2 N–H and O–H groups in total. The first-order valence-corrected chi connectivity index (χ1v) is 11.7. The smallest absolute Gasteiger partial charge is 0.251 e. The van der Waals surface area contributed by atoms with Crippen LogP contribution in [0.4, 0.5) is 17.1 Å². The van der Waals surface area contributed by atoms with Crippen molar-refractivity contribution in [2.45, 2.75) is 37.8 Å². The zero-order valence-electron chi connectivity index (χ0n) is 18.5. The fourth-order valence-corrected chi connectivity index (χ4v) is 4.86. The third-order valence-corrected chi connectivity index (χ3v) is 6.95. The van der Waals surface area contributed by atoms with Gasteiger partial charge in [0.1, 0.15) is 0 Å². The van der Waals surface area contributed by atoms with Crippen LogP contribution in [0.5, 0.6) is 0 Å². The van der Waals surface area contributed by atoms with Crippen LogP contribution in [0.2, 0.25) is 5.02 Å². The summed E-state index contributed by atoms with van der Waals surface area (Å²) in [5.74, 6) is 0.00943. The van der Waals surface area contributed by atoms with E-state index in [1.165, 1.54) is 5.69 Å². The summed E-state index contributed by atoms with van der Waals surface area (Å²) < 4.78 is 0. The second kappa shape index (κ2) is 10.2. The number of carbonyl (C=O) groups is 1. The average Bonchev–Trinajstić information content (AvgIpc) is 2.84. The molecule has 1 heterocycles. The van der Waals surface area contributed by atoms with Crippen molar-refractivity contribution in [2.24, 2.45) is 0 Å². The first-order chi connectivity index (χ1) is 15.5. The van der Waals surface area contributed by atoms with Crippen LogP contribution in [-0.4, -0.2) is 51.2 Å². The predicted molar refractivity (Wildman–Crippen MR) is 131 cm³/mol. The molecule has 1 saturated carbocycles. The molecule has 6 nitrogen and oxygen atoms in total. The monoisotopic (exact) mass is 451 g/mol. The lowest BCUT2D eigenvalue weighted by Gasteiger charge is -2.36. The van der Waals surface area contributed by atoms with Gasteiger partial charge in [0.25, 0.3) is 5.91 Å². The number of rotatable bonds is 5. The average molecular weight is 452 g/mol. The molecule has 0 aromatic heterocycles. The molecule has 1 amide bonds. The van der Waals surface area contributed by atoms with Crippen molar-refractivity contribution in [2.75, 3.05) is 43.0 Å². The molecule has 2 aromatic rings. The van der Waals surface area contributed by atoms with Crippen molar-refractivity contribution in [3.05, 3.63) is 64.5 Å². The lowest BCUT2D eigenvalue weighted by Crippen LogP contribution is -2.43. The lowest BCUT2D eigenvalue weighted by molar-refractivity contribution is 0.0926. The largest absolute Gasteiger partial charge is 0.372 e. The summed E-state index contributed by atoms with van der Waals surface area (Å²) in [5.41, 5.74) is 3.41. The van der Waals surface area contributed by atoms with Gasteiger partial charge in [-0.15, -0.1) is 0 Å². The van der Waals surface area contributed by atoms with Gasteiger partial charge in [0.15, 0.2) is 0 Å². The summed E-state index contributed by atoms with van der Waals surface area (Å²) in [6.07, 6.45) is 3.91. The highest BCUT2D eigenvalue weighted by Crippen LogP contribution is 2.32. The highest BCUT2D eigenvalue weighted by atomic mass is 35.5. The van der Waals surface area contributed by atoms with Gasteiger partial charge < -0.3 is 20.4 Å². The van der Waals surface area contributed by atoms with Gasteiger partial charge in [0, 0.05) is 67.3 Å². The van der Waals surface area contributed by atoms with E-state index in [0.717, 1.165) is 63.1 Å². The highest BCUT2D eigenvalue weighted by Gasteiger charge is 2.26. The molecular formula is C25H30ClN5O. The summed E-state index contributed by atoms with van der Waals surface area (Å²) in [5, 5.41) is 7.08. The Labute approximate surface area is 195 Å². The van der Waals surface area contributed by atoms with Crippen molar-refractivity contribution < 1.29 is 4.79 Å². The van der Waals surface area contributed by atoms with E-state index < -0.39 is 0 Å². The molecule has 4 rings (SSSR count). The standard InChI is InChI=1S/C25H30ClN5O/c1-27-24-12-11-22(17-23(24)26)30(2)20-9-5-19(6-10-20)29-25(32)18-3-7-21(8-4-18)31-15-13-28-14-16-31/h3-4,7-8,11-12,17,19-20,28H,5-6,9-10,13-16H2,2H3,(H,29,32). The molecule has 2 aliphatic rings. The minimum Gasteiger partial charge on any atom is -0.372 e. The second-order valence-electron chi connectivity index (χ2n) is 8.62. The lowest BCUT2D eigenvalue weighted by atomic mass is 9.90. The van der Waals surface area contributed by atoms with Crippen molar-refractivity contribution in [3.8, 4) is 0 Å². The van der Waals surface area contributed by atoms with Crippen LogP contribution in [-0.2, 0) is 0 Å². The topological polar surface area (TPSA) is 52.0 Å².